The highest BCUT2D eigenvalue weighted by molar-refractivity contribution is 9.10. The molecule has 26 heavy (non-hydrogen) atoms. The Morgan fingerprint density at radius 1 is 1.27 bits per heavy atom. The van der Waals surface area contributed by atoms with Gasteiger partial charge >= 0.3 is 0 Å². The quantitative estimate of drug-likeness (QED) is 0.517. The summed E-state index contributed by atoms with van der Waals surface area (Å²) in [4.78, 5) is 32.9. The van der Waals surface area contributed by atoms with Crippen molar-refractivity contribution in [2.75, 3.05) is 5.32 Å². The van der Waals surface area contributed by atoms with E-state index in [1.807, 2.05) is 29.6 Å². The highest BCUT2D eigenvalue weighted by Gasteiger charge is 2.09. The van der Waals surface area contributed by atoms with Gasteiger partial charge in [-0.05, 0) is 51.6 Å². The molecule has 0 atom stereocenters. The number of halogens is 1. The van der Waals surface area contributed by atoms with Crippen molar-refractivity contribution in [2.24, 2.45) is 0 Å². The van der Waals surface area contributed by atoms with Gasteiger partial charge in [-0.15, -0.1) is 11.3 Å². The van der Waals surface area contributed by atoms with Crippen LogP contribution in [0.2, 0.25) is 0 Å². The van der Waals surface area contributed by atoms with Gasteiger partial charge in [-0.2, -0.15) is 0 Å². The zero-order valence-corrected chi connectivity index (χ0v) is 15.8. The number of hydrogen-bond acceptors (Lipinski definition) is 4. The van der Waals surface area contributed by atoms with E-state index in [1.54, 1.807) is 29.7 Å². The number of imidazole rings is 1. The summed E-state index contributed by atoms with van der Waals surface area (Å²) in [6.45, 7) is -0.0558. The number of fused-ring (bicyclic) bond motifs is 1. The van der Waals surface area contributed by atoms with Crippen molar-refractivity contribution in [3.8, 4) is 10.7 Å². The van der Waals surface area contributed by atoms with Crippen molar-refractivity contribution in [1.29, 1.82) is 0 Å². The van der Waals surface area contributed by atoms with Crippen LogP contribution in [0.3, 0.4) is 0 Å². The van der Waals surface area contributed by atoms with Crippen LogP contribution < -0.4 is 10.9 Å². The summed E-state index contributed by atoms with van der Waals surface area (Å²) in [7, 11) is 0. The predicted octanol–water partition coefficient (Wildman–Crippen LogP) is 3.85. The first-order valence-electron chi connectivity index (χ1n) is 7.78. The molecule has 6 nitrogen and oxygen atoms in total. The van der Waals surface area contributed by atoms with Gasteiger partial charge in [-0.3, -0.25) is 9.59 Å². The maximum atomic E-state index is 12.3. The van der Waals surface area contributed by atoms with E-state index < -0.39 is 0 Å². The van der Waals surface area contributed by atoms with Crippen molar-refractivity contribution >= 4 is 49.9 Å². The van der Waals surface area contributed by atoms with Crippen molar-refractivity contribution in [3.63, 3.8) is 0 Å². The molecule has 0 saturated heterocycles. The van der Waals surface area contributed by atoms with Crippen molar-refractivity contribution in [3.05, 3.63) is 68.9 Å². The number of thiophene rings is 1. The second-order valence-electron chi connectivity index (χ2n) is 5.66. The lowest BCUT2D eigenvalue weighted by molar-refractivity contribution is -0.116. The van der Waals surface area contributed by atoms with E-state index in [0.717, 1.165) is 26.2 Å². The number of nitrogens with one attached hydrogen (secondary N) is 2. The van der Waals surface area contributed by atoms with E-state index in [-0.39, 0.29) is 18.0 Å². The lowest BCUT2D eigenvalue weighted by Gasteiger charge is -2.07. The first-order valence-corrected chi connectivity index (χ1v) is 9.45. The molecule has 0 bridgehead atoms. The summed E-state index contributed by atoms with van der Waals surface area (Å²) in [6, 6.07) is 12.5. The van der Waals surface area contributed by atoms with Gasteiger partial charge in [0.15, 0.2) is 0 Å². The van der Waals surface area contributed by atoms with Crippen LogP contribution in [0.5, 0.6) is 0 Å². The number of amides is 1. The van der Waals surface area contributed by atoms with E-state index in [4.69, 9.17) is 0 Å². The Labute approximate surface area is 160 Å². The summed E-state index contributed by atoms with van der Waals surface area (Å²) in [5, 5.41) is 4.81. The average molecular weight is 429 g/mol. The van der Waals surface area contributed by atoms with E-state index in [9.17, 15) is 9.59 Å². The van der Waals surface area contributed by atoms with Gasteiger partial charge in [-0.1, -0.05) is 6.07 Å². The molecule has 1 aromatic carbocycles. The fraction of sp³-hybridized carbons (Fsp3) is 0.0556. The van der Waals surface area contributed by atoms with Crippen molar-refractivity contribution in [2.45, 2.75) is 6.54 Å². The Bertz CT molecular complexity index is 1150. The van der Waals surface area contributed by atoms with Crippen LogP contribution in [-0.2, 0) is 11.3 Å². The lowest BCUT2D eigenvalue weighted by Crippen LogP contribution is -2.26. The first kappa shape index (κ1) is 16.7. The van der Waals surface area contributed by atoms with Crippen LogP contribution in [0.25, 0.3) is 21.7 Å². The minimum absolute atomic E-state index is 0.0558. The molecule has 0 aliphatic heterocycles. The fourth-order valence-corrected chi connectivity index (χ4v) is 3.65. The number of aromatic amines is 1. The number of benzene rings is 1. The molecule has 3 heterocycles. The van der Waals surface area contributed by atoms with Crippen molar-refractivity contribution < 1.29 is 4.79 Å². The second kappa shape index (κ2) is 6.89. The number of H-pyrrole nitrogens is 1. The number of hydrogen-bond donors (Lipinski definition) is 2. The summed E-state index contributed by atoms with van der Waals surface area (Å²) in [5.74, 6) is 0.529. The first-order chi connectivity index (χ1) is 12.6. The zero-order chi connectivity index (χ0) is 18.1. The molecule has 130 valence electrons. The maximum absolute atomic E-state index is 12.3. The van der Waals surface area contributed by atoms with Gasteiger partial charge in [0.2, 0.25) is 5.91 Å². The minimum atomic E-state index is -0.275. The third-order valence-electron chi connectivity index (χ3n) is 3.78. The summed E-state index contributed by atoms with van der Waals surface area (Å²) in [6.07, 6.45) is 1.59. The third-order valence-corrected chi connectivity index (χ3v) is 5.13. The normalized spacial score (nSPS) is 11.0. The van der Waals surface area contributed by atoms with Gasteiger partial charge in [0.25, 0.3) is 5.56 Å². The van der Waals surface area contributed by atoms with Crippen LogP contribution in [0.4, 0.5) is 5.69 Å². The molecule has 1 amide bonds. The summed E-state index contributed by atoms with van der Waals surface area (Å²) in [5.41, 5.74) is 2.08. The Kier molecular flexibility index (Phi) is 4.44. The largest absolute Gasteiger partial charge is 0.337 e. The molecule has 4 aromatic rings. The topological polar surface area (TPSA) is 79.8 Å². The van der Waals surface area contributed by atoms with Crippen LogP contribution in [-0.4, -0.2) is 20.4 Å². The SMILES string of the molecule is O=C(Cn1cc(Br)ccc1=O)Nc1ccc2nc(-c3cccs3)[nH]c2c1. The molecule has 0 spiro atoms. The van der Waals surface area contributed by atoms with Crippen LogP contribution in [0.1, 0.15) is 0 Å². The molecule has 0 radical (unpaired) electrons. The van der Waals surface area contributed by atoms with Crippen LogP contribution >= 0.6 is 27.3 Å². The molecule has 3 aromatic heterocycles. The molecule has 4 rings (SSSR count). The minimum Gasteiger partial charge on any atom is -0.337 e. The number of rotatable bonds is 4. The molecule has 0 unspecified atom stereocenters. The number of carbonyl (C=O) groups is 1. The highest BCUT2D eigenvalue weighted by atomic mass is 79.9. The van der Waals surface area contributed by atoms with Crippen molar-refractivity contribution in [1.82, 2.24) is 14.5 Å². The van der Waals surface area contributed by atoms with Gasteiger partial charge in [0.05, 0.1) is 15.9 Å². The van der Waals surface area contributed by atoms with Gasteiger partial charge < -0.3 is 14.9 Å². The van der Waals surface area contributed by atoms with Gasteiger partial charge in [0, 0.05) is 22.4 Å². The Hall–Kier alpha value is -2.71. The molecule has 0 aliphatic rings. The number of nitrogens with zero attached hydrogens (tertiary/aromatic N) is 2. The zero-order valence-electron chi connectivity index (χ0n) is 13.4. The van der Waals surface area contributed by atoms with E-state index in [1.165, 1.54) is 10.6 Å². The fourth-order valence-electron chi connectivity index (χ4n) is 2.60. The van der Waals surface area contributed by atoms with Gasteiger partial charge in [0.1, 0.15) is 12.4 Å². The van der Waals surface area contributed by atoms with E-state index in [2.05, 4.69) is 31.2 Å². The Balaban J connectivity index is 1.54. The van der Waals surface area contributed by atoms with Crippen LogP contribution in [0.15, 0.2) is 63.3 Å². The van der Waals surface area contributed by atoms with Gasteiger partial charge in [-0.25, -0.2) is 4.98 Å². The second-order valence-corrected chi connectivity index (χ2v) is 7.52. The molecule has 0 saturated carbocycles. The molecule has 2 N–H and O–H groups in total. The molecule has 0 aliphatic carbocycles. The number of aromatic nitrogens is 3. The average Bonchev–Trinajstić information content (AvgIpc) is 3.26. The van der Waals surface area contributed by atoms with Crippen LogP contribution in [0, 0.1) is 0 Å². The number of anilines is 1. The lowest BCUT2D eigenvalue weighted by atomic mass is 10.2. The monoisotopic (exact) mass is 428 g/mol. The highest BCUT2D eigenvalue weighted by Crippen LogP contribution is 2.25. The molecule has 0 fully saturated rings. The summed E-state index contributed by atoms with van der Waals surface area (Å²) < 4.78 is 2.09. The Morgan fingerprint density at radius 3 is 2.96 bits per heavy atom. The summed E-state index contributed by atoms with van der Waals surface area (Å²) >= 11 is 4.91. The Morgan fingerprint density at radius 2 is 2.15 bits per heavy atom. The third kappa shape index (κ3) is 3.47. The molecule has 8 heteroatoms. The maximum Gasteiger partial charge on any atom is 0.251 e. The molecular weight excluding hydrogens is 416 g/mol. The van der Waals surface area contributed by atoms with E-state index in [0.29, 0.717) is 5.69 Å². The smallest absolute Gasteiger partial charge is 0.251 e. The number of carbonyl (C=O) groups excluding carboxylic acids is 1. The molecular formula is C18H13BrN4O2S. The van der Waals surface area contributed by atoms with E-state index >= 15 is 0 Å². The predicted molar refractivity (Wildman–Crippen MR) is 106 cm³/mol. The number of pyridine rings is 1. The standard InChI is InChI=1S/C18H13BrN4O2S/c19-11-3-6-17(25)23(9-11)10-16(24)20-12-4-5-13-14(8-12)22-18(21-13)15-2-1-7-26-15/h1-9H,10H2,(H,20,24)(H,21,22).